The lowest BCUT2D eigenvalue weighted by molar-refractivity contribution is -0.120. The first-order valence-electron chi connectivity index (χ1n) is 8.24. The molecule has 0 fully saturated rings. The monoisotopic (exact) mass is 388 g/mol. The molecule has 0 saturated carbocycles. The molecule has 2 heterocycles. The van der Waals surface area contributed by atoms with Gasteiger partial charge in [0.1, 0.15) is 0 Å². The second-order valence-corrected chi connectivity index (χ2v) is 6.04. The summed E-state index contributed by atoms with van der Waals surface area (Å²) in [6.07, 6.45) is 1.26. The lowest BCUT2D eigenvalue weighted by atomic mass is 10.2. The number of carbonyl (C=O) groups is 1. The van der Waals surface area contributed by atoms with Crippen LogP contribution in [0.3, 0.4) is 0 Å². The number of benzene rings is 1. The fourth-order valence-corrected chi connectivity index (χ4v) is 2.24. The molecule has 0 unspecified atom stereocenters. The normalized spacial score (nSPS) is 10.9. The second kappa shape index (κ2) is 7.91. The van der Waals surface area contributed by atoms with Crippen LogP contribution < -0.4 is 15.2 Å². The SMILES string of the molecule is CC(C)Oc1ncc(-c2nc(-c3ccc(OCC(N)=O)c(F)c3)no2)cc1O. The van der Waals surface area contributed by atoms with Gasteiger partial charge < -0.3 is 24.8 Å². The third-order valence-corrected chi connectivity index (χ3v) is 3.41. The third kappa shape index (κ3) is 4.34. The third-order valence-electron chi connectivity index (χ3n) is 3.41. The summed E-state index contributed by atoms with van der Waals surface area (Å²) in [5, 5.41) is 13.8. The van der Waals surface area contributed by atoms with E-state index in [2.05, 4.69) is 15.1 Å². The van der Waals surface area contributed by atoms with Crippen LogP contribution in [0.1, 0.15) is 13.8 Å². The van der Waals surface area contributed by atoms with Crippen LogP contribution in [0.4, 0.5) is 4.39 Å². The number of aromatic hydroxyl groups is 1. The Morgan fingerprint density at radius 2 is 2.11 bits per heavy atom. The molecular formula is C18H17FN4O5. The van der Waals surface area contributed by atoms with Crippen molar-refractivity contribution in [3.8, 4) is 40.2 Å². The highest BCUT2D eigenvalue weighted by Gasteiger charge is 2.16. The van der Waals surface area contributed by atoms with Gasteiger partial charge in [0.05, 0.1) is 11.7 Å². The first-order chi connectivity index (χ1) is 13.3. The second-order valence-electron chi connectivity index (χ2n) is 6.04. The summed E-state index contributed by atoms with van der Waals surface area (Å²) in [6, 6.07) is 5.35. The maximum atomic E-state index is 14.1. The van der Waals surface area contributed by atoms with Crippen LogP contribution in [0.2, 0.25) is 0 Å². The van der Waals surface area contributed by atoms with Crippen LogP contribution in [-0.2, 0) is 4.79 Å². The van der Waals surface area contributed by atoms with Gasteiger partial charge in [-0.25, -0.2) is 9.37 Å². The van der Waals surface area contributed by atoms with Crippen LogP contribution in [0.15, 0.2) is 35.0 Å². The van der Waals surface area contributed by atoms with E-state index in [0.717, 1.165) is 6.07 Å². The minimum Gasteiger partial charge on any atom is -0.503 e. The van der Waals surface area contributed by atoms with E-state index in [-0.39, 0.29) is 35.2 Å². The van der Waals surface area contributed by atoms with Gasteiger partial charge in [-0.3, -0.25) is 4.79 Å². The summed E-state index contributed by atoms with van der Waals surface area (Å²) in [6.45, 7) is 3.18. The van der Waals surface area contributed by atoms with Crippen LogP contribution in [-0.4, -0.2) is 38.8 Å². The lowest BCUT2D eigenvalue weighted by Gasteiger charge is -2.09. The average molecular weight is 388 g/mol. The number of primary amides is 1. The van der Waals surface area contributed by atoms with E-state index in [0.29, 0.717) is 11.1 Å². The van der Waals surface area contributed by atoms with E-state index in [4.69, 9.17) is 19.7 Å². The van der Waals surface area contributed by atoms with Crippen molar-refractivity contribution in [3.63, 3.8) is 0 Å². The van der Waals surface area contributed by atoms with Gasteiger partial charge in [-0.2, -0.15) is 4.98 Å². The molecule has 9 nitrogen and oxygen atoms in total. The van der Waals surface area contributed by atoms with Gasteiger partial charge in [-0.05, 0) is 38.1 Å². The van der Waals surface area contributed by atoms with Crippen LogP contribution >= 0.6 is 0 Å². The molecule has 0 aliphatic carbocycles. The molecule has 3 aromatic rings. The molecule has 0 aliphatic heterocycles. The van der Waals surface area contributed by atoms with Gasteiger partial charge in [0, 0.05) is 11.8 Å². The number of rotatable bonds is 7. The van der Waals surface area contributed by atoms with Crippen LogP contribution in [0.5, 0.6) is 17.4 Å². The van der Waals surface area contributed by atoms with Crippen molar-refractivity contribution in [1.82, 2.24) is 15.1 Å². The Morgan fingerprint density at radius 1 is 1.32 bits per heavy atom. The maximum Gasteiger partial charge on any atom is 0.259 e. The zero-order valence-electron chi connectivity index (χ0n) is 15.0. The quantitative estimate of drug-likeness (QED) is 0.630. The number of hydrogen-bond acceptors (Lipinski definition) is 8. The Kier molecular flexibility index (Phi) is 5.39. The number of hydrogen-bond donors (Lipinski definition) is 2. The van der Waals surface area contributed by atoms with E-state index in [1.54, 1.807) is 0 Å². The largest absolute Gasteiger partial charge is 0.503 e. The molecule has 0 radical (unpaired) electrons. The molecule has 0 spiro atoms. The highest BCUT2D eigenvalue weighted by Crippen LogP contribution is 2.30. The van der Waals surface area contributed by atoms with Gasteiger partial charge in [-0.15, -0.1) is 0 Å². The van der Waals surface area contributed by atoms with Crippen LogP contribution in [0.25, 0.3) is 22.8 Å². The molecule has 1 amide bonds. The highest BCUT2D eigenvalue weighted by molar-refractivity contribution is 5.75. The summed E-state index contributed by atoms with van der Waals surface area (Å²) in [7, 11) is 0. The van der Waals surface area contributed by atoms with E-state index < -0.39 is 18.3 Å². The van der Waals surface area contributed by atoms with E-state index in [9.17, 15) is 14.3 Å². The highest BCUT2D eigenvalue weighted by atomic mass is 19.1. The fourth-order valence-electron chi connectivity index (χ4n) is 2.24. The Labute approximate surface area is 158 Å². The molecule has 2 aromatic heterocycles. The first-order valence-corrected chi connectivity index (χ1v) is 8.24. The average Bonchev–Trinajstić information content (AvgIpc) is 3.12. The molecule has 0 aliphatic rings. The van der Waals surface area contributed by atoms with Gasteiger partial charge in [-0.1, -0.05) is 5.16 Å². The zero-order chi connectivity index (χ0) is 20.3. The molecule has 28 heavy (non-hydrogen) atoms. The Balaban J connectivity index is 1.81. The number of amides is 1. The summed E-state index contributed by atoms with van der Waals surface area (Å²) >= 11 is 0. The summed E-state index contributed by atoms with van der Waals surface area (Å²) in [5.74, 6) is -1.42. The fraction of sp³-hybridized carbons (Fsp3) is 0.222. The van der Waals surface area contributed by atoms with Gasteiger partial charge >= 0.3 is 0 Å². The van der Waals surface area contributed by atoms with Crippen molar-refractivity contribution < 1.29 is 28.3 Å². The standard InChI is InChI=1S/C18H17FN4O5/c1-9(2)27-18-13(24)6-11(7-21-18)17-22-16(23-28-17)10-3-4-14(12(19)5-10)26-8-15(20)25/h3-7,9,24H,8H2,1-2H3,(H2,20,25). The van der Waals surface area contributed by atoms with Crippen molar-refractivity contribution >= 4 is 5.91 Å². The van der Waals surface area contributed by atoms with Crippen molar-refractivity contribution in [1.29, 1.82) is 0 Å². The number of halogens is 1. The summed E-state index contributed by atoms with van der Waals surface area (Å²) in [5.41, 5.74) is 5.66. The molecule has 10 heteroatoms. The van der Waals surface area contributed by atoms with E-state index in [1.807, 2.05) is 13.8 Å². The number of ether oxygens (including phenoxy) is 2. The lowest BCUT2D eigenvalue weighted by Crippen LogP contribution is -2.20. The van der Waals surface area contributed by atoms with Crippen molar-refractivity contribution in [3.05, 3.63) is 36.3 Å². The summed E-state index contributed by atoms with van der Waals surface area (Å²) in [4.78, 5) is 18.9. The van der Waals surface area contributed by atoms with E-state index >= 15 is 0 Å². The topological polar surface area (TPSA) is 134 Å². The van der Waals surface area contributed by atoms with E-state index in [1.165, 1.54) is 24.4 Å². The van der Waals surface area contributed by atoms with Crippen molar-refractivity contribution in [2.45, 2.75) is 20.0 Å². The van der Waals surface area contributed by atoms with Crippen LogP contribution in [0, 0.1) is 5.82 Å². The smallest absolute Gasteiger partial charge is 0.259 e. The minimum atomic E-state index is -0.715. The minimum absolute atomic E-state index is 0.0864. The molecule has 146 valence electrons. The first kappa shape index (κ1) is 19.1. The molecule has 0 bridgehead atoms. The van der Waals surface area contributed by atoms with Gasteiger partial charge in [0.25, 0.3) is 17.7 Å². The number of carbonyl (C=O) groups excluding carboxylic acids is 1. The maximum absolute atomic E-state index is 14.1. The Bertz CT molecular complexity index is 1010. The molecule has 3 rings (SSSR count). The molecule has 3 N–H and O–H groups in total. The zero-order valence-corrected chi connectivity index (χ0v) is 15.0. The number of nitrogens with two attached hydrogens (primary N) is 1. The molecule has 1 aromatic carbocycles. The Hall–Kier alpha value is -3.69. The Morgan fingerprint density at radius 3 is 2.75 bits per heavy atom. The van der Waals surface area contributed by atoms with Crippen molar-refractivity contribution in [2.75, 3.05) is 6.61 Å². The predicted molar refractivity (Wildman–Crippen MR) is 95.0 cm³/mol. The number of nitrogens with zero attached hydrogens (tertiary/aromatic N) is 3. The number of pyridine rings is 1. The van der Waals surface area contributed by atoms with Crippen molar-refractivity contribution in [2.24, 2.45) is 5.73 Å². The molecule has 0 saturated heterocycles. The predicted octanol–water partition coefficient (Wildman–Crippen LogP) is 2.29. The number of aromatic nitrogens is 3. The molecule has 0 atom stereocenters. The summed E-state index contributed by atoms with van der Waals surface area (Å²) < 4.78 is 29.6. The van der Waals surface area contributed by atoms with Gasteiger partial charge in [0.2, 0.25) is 5.82 Å². The van der Waals surface area contributed by atoms with Gasteiger partial charge in [0.15, 0.2) is 23.9 Å². The molecular weight excluding hydrogens is 371 g/mol.